The van der Waals surface area contributed by atoms with Gasteiger partial charge in [-0.1, -0.05) is 30.3 Å². The van der Waals surface area contributed by atoms with E-state index in [4.69, 9.17) is 0 Å². The molecule has 1 fully saturated rings. The fraction of sp³-hybridized carbons (Fsp3) is 0.304. The molecule has 34 heavy (non-hydrogen) atoms. The molecule has 2 N–H and O–H groups in total. The fourth-order valence-corrected chi connectivity index (χ4v) is 4.40. The van der Waals surface area contributed by atoms with Crippen molar-refractivity contribution in [3.63, 3.8) is 0 Å². The van der Waals surface area contributed by atoms with Gasteiger partial charge in [0.2, 0.25) is 10.0 Å². The van der Waals surface area contributed by atoms with Gasteiger partial charge >= 0.3 is 6.18 Å². The number of aromatic nitrogens is 2. The molecule has 1 aliphatic rings. The van der Waals surface area contributed by atoms with Crippen LogP contribution in [0.25, 0.3) is 5.69 Å². The molecule has 0 unspecified atom stereocenters. The highest BCUT2D eigenvalue weighted by Gasteiger charge is 2.34. The number of sulfonamides is 1. The maximum absolute atomic E-state index is 13.1. The van der Waals surface area contributed by atoms with Gasteiger partial charge in [0.25, 0.3) is 5.91 Å². The first kappa shape index (κ1) is 24.0. The van der Waals surface area contributed by atoms with E-state index in [2.05, 4.69) is 15.1 Å². The van der Waals surface area contributed by atoms with Crippen LogP contribution >= 0.6 is 0 Å². The first-order chi connectivity index (χ1) is 16.1. The zero-order valence-electron chi connectivity index (χ0n) is 18.3. The molecule has 7 nitrogen and oxygen atoms in total. The Bertz CT molecular complexity index is 1300. The van der Waals surface area contributed by atoms with Crippen LogP contribution < -0.4 is 10.0 Å². The lowest BCUT2D eigenvalue weighted by Gasteiger charge is -2.12. The number of rotatable bonds is 8. The molecule has 1 heterocycles. The standard InChI is InChI=1S/C23H23F3N4O3S/c1-27-34(32,33)14-16-7-5-15(6-8-16)12-28-22(31)20-13-29-30(21(20)17-9-10-17)19-4-2-3-18(11-19)23(24,25)26/h2-8,11,13,17,27H,9-10,12,14H2,1H3,(H,28,31). The van der Waals surface area contributed by atoms with E-state index < -0.39 is 21.8 Å². The first-order valence-electron chi connectivity index (χ1n) is 10.6. The molecule has 0 saturated heterocycles. The van der Waals surface area contributed by atoms with Crippen LogP contribution in [-0.2, 0) is 28.5 Å². The highest BCUT2D eigenvalue weighted by Crippen LogP contribution is 2.42. The number of carbonyl (C=O) groups is 1. The Labute approximate surface area is 195 Å². The van der Waals surface area contributed by atoms with E-state index in [1.54, 1.807) is 24.3 Å². The molecule has 3 aromatic rings. The molecule has 0 aliphatic heterocycles. The SMILES string of the molecule is CNS(=O)(=O)Cc1ccc(CNC(=O)c2cnn(-c3cccc(C(F)(F)F)c3)c2C2CC2)cc1. The van der Waals surface area contributed by atoms with Crippen LogP contribution in [0.4, 0.5) is 13.2 Å². The summed E-state index contributed by atoms with van der Waals surface area (Å²) < 4.78 is 66.4. The third-order valence-corrected chi connectivity index (χ3v) is 6.91. The lowest BCUT2D eigenvalue weighted by atomic mass is 10.1. The number of nitrogens with zero attached hydrogens (tertiary/aromatic N) is 2. The zero-order chi connectivity index (χ0) is 24.5. The normalized spacial score (nSPS) is 14.2. The van der Waals surface area contributed by atoms with Gasteiger partial charge in [-0.25, -0.2) is 17.8 Å². The van der Waals surface area contributed by atoms with Crippen molar-refractivity contribution in [1.82, 2.24) is 19.8 Å². The highest BCUT2D eigenvalue weighted by atomic mass is 32.2. The van der Waals surface area contributed by atoms with Gasteiger partial charge in [0.05, 0.1) is 34.5 Å². The summed E-state index contributed by atoms with van der Waals surface area (Å²) in [4.78, 5) is 12.9. The summed E-state index contributed by atoms with van der Waals surface area (Å²) in [6.45, 7) is 0.205. The molecular formula is C23H23F3N4O3S. The Morgan fingerprint density at radius 3 is 2.41 bits per heavy atom. The lowest BCUT2D eigenvalue weighted by Crippen LogP contribution is -2.24. The van der Waals surface area contributed by atoms with Gasteiger partial charge in [-0.05, 0) is 49.2 Å². The molecule has 1 saturated carbocycles. The van der Waals surface area contributed by atoms with Crippen LogP contribution in [0.15, 0.2) is 54.7 Å². The maximum atomic E-state index is 13.1. The molecule has 0 radical (unpaired) electrons. The van der Waals surface area contributed by atoms with Gasteiger partial charge in [-0.15, -0.1) is 0 Å². The van der Waals surface area contributed by atoms with Gasteiger partial charge in [0.15, 0.2) is 0 Å². The number of carbonyl (C=O) groups excluding carboxylic acids is 1. The number of amides is 1. The minimum absolute atomic E-state index is 0.0613. The molecule has 180 valence electrons. The van der Waals surface area contributed by atoms with Crippen molar-refractivity contribution in [3.05, 3.63) is 82.7 Å². The summed E-state index contributed by atoms with van der Waals surface area (Å²) in [5, 5.41) is 7.04. The van der Waals surface area contributed by atoms with E-state index in [-0.39, 0.29) is 29.8 Å². The fourth-order valence-electron chi connectivity index (χ4n) is 3.62. The van der Waals surface area contributed by atoms with Crippen molar-refractivity contribution < 1.29 is 26.4 Å². The van der Waals surface area contributed by atoms with Crippen molar-refractivity contribution >= 4 is 15.9 Å². The second-order valence-corrected chi connectivity index (χ2v) is 10.1. The van der Waals surface area contributed by atoms with Gasteiger partial charge < -0.3 is 5.32 Å². The Kier molecular flexibility index (Phi) is 6.50. The van der Waals surface area contributed by atoms with Gasteiger partial charge in [-0.3, -0.25) is 4.79 Å². The molecule has 1 amide bonds. The molecule has 0 atom stereocenters. The average Bonchev–Trinajstić information content (AvgIpc) is 3.55. The molecule has 1 aliphatic carbocycles. The Hall–Kier alpha value is -3.18. The van der Waals surface area contributed by atoms with Crippen molar-refractivity contribution in [2.45, 2.75) is 37.2 Å². The van der Waals surface area contributed by atoms with E-state index >= 15 is 0 Å². The molecule has 2 aromatic carbocycles. The van der Waals surface area contributed by atoms with Crippen molar-refractivity contribution in [3.8, 4) is 5.69 Å². The number of hydrogen-bond donors (Lipinski definition) is 2. The van der Waals surface area contributed by atoms with Gasteiger partial charge in [0, 0.05) is 12.5 Å². The topological polar surface area (TPSA) is 93.1 Å². The quantitative estimate of drug-likeness (QED) is 0.501. The molecule has 11 heteroatoms. The largest absolute Gasteiger partial charge is 0.416 e. The number of nitrogens with one attached hydrogen (secondary N) is 2. The summed E-state index contributed by atoms with van der Waals surface area (Å²) in [7, 11) is -2.03. The first-order valence-corrected chi connectivity index (χ1v) is 12.3. The van der Waals surface area contributed by atoms with Gasteiger partial charge in [-0.2, -0.15) is 18.3 Å². The highest BCUT2D eigenvalue weighted by molar-refractivity contribution is 7.88. The summed E-state index contributed by atoms with van der Waals surface area (Å²) in [5.74, 6) is -0.455. The minimum atomic E-state index is -4.48. The second-order valence-electron chi connectivity index (χ2n) is 8.14. The predicted octanol–water partition coefficient (Wildman–Crippen LogP) is 3.75. The Morgan fingerprint density at radius 2 is 1.79 bits per heavy atom. The summed E-state index contributed by atoms with van der Waals surface area (Å²) in [5.41, 5.74) is 1.79. The smallest absolute Gasteiger partial charge is 0.348 e. The van der Waals surface area contributed by atoms with Crippen LogP contribution in [0.5, 0.6) is 0 Å². The molecule has 0 bridgehead atoms. The Balaban J connectivity index is 1.50. The predicted molar refractivity (Wildman–Crippen MR) is 120 cm³/mol. The van der Waals surface area contributed by atoms with E-state index in [0.717, 1.165) is 30.5 Å². The second kappa shape index (κ2) is 9.22. The summed E-state index contributed by atoms with van der Waals surface area (Å²) in [6.07, 6.45) is -1.42. The maximum Gasteiger partial charge on any atom is 0.416 e. The molecular weight excluding hydrogens is 469 g/mol. The molecule has 4 rings (SSSR count). The number of halogens is 3. The summed E-state index contributed by atoms with van der Waals surface area (Å²) >= 11 is 0. The minimum Gasteiger partial charge on any atom is -0.348 e. The number of alkyl halides is 3. The van der Waals surface area contributed by atoms with E-state index in [0.29, 0.717) is 16.8 Å². The lowest BCUT2D eigenvalue weighted by molar-refractivity contribution is -0.137. The molecule has 1 aromatic heterocycles. The van der Waals surface area contributed by atoms with Crippen LogP contribution in [0.1, 0.15) is 51.5 Å². The van der Waals surface area contributed by atoms with Crippen LogP contribution in [0.3, 0.4) is 0 Å². The van der Waals surface area contributed by atoms with E-state index in [9.17, 15) is 26.4 Å². The van der Waals surface area contributed by atoms with Crippen molar-refractivity contribution in [1.29, 1.82) is 0 Å². The number of hydrogen-bond acceptors (Lipinski definition) is 4. The molecule has 0 spiro atoms. The zero-order valence-corrected chi connectivity index (χ0v) is 19.1. The van der Waals surface area contributed by atoms with Crippen LogP contribution in [-0.4, -0.2) is 31.2 Å². The van der Waals surface area contributed by atoms with Crippen LogP contribution in [0.2, 0.25) is 0 Å². The van der Waals surface area contributed by atoms with Crippen LogP contribution in [0, 0.1) is 0 Å². The Morgan fingerprint density at radius 1 is 1.12 bits per heavy atom. The van der Waals surface area contributed by atoms with Gasteiger partial charge in [0.1, 0.15) is 0 Å². The van der Waals surface area contributed by atoms with E-state index in [1.165, 1.54) is 30.1 Å². The van der Waals surface area contributed by atoms with Crippen molar-refractivity contribution in [2.75, 3.05) is 7.05 Å². The average molecular weight is 493 g/mol. The third-order valence-electron chi connectivity index (χ3n) is 5.58. The third kappa shape index (κ3) is 5.48. The summed E-state index contributed by atoms with van der Waals surface area (Å²) in [6, 6.07) is 11.7. The van der Waals surface area contributed by atoms with Crippen molar-refractivity contribution in [2.24, 2.45) is 0 Å². The van der Waals surface area contributed by atoms with E-state index in [1.807, 2.05) is 0 Å². The number of benzene rings is 2. The monoisotopic (exact) mass is 492 g/mol.